The molecule has 0 aliphatic heterocycles. The van der Waals surface area contributed by atoms with Crippen LogP contribution in [0.5, 0.6) is 5.75 Å². The lowest BCUT2D eigenvalue weighted by Gasteiger charge is -2.23. The van der Waals surface area contributed by atoms with Crippen LogP contribution in [-0.2, 0) is 4.74 Å². The van der Waals surface area contributed by atoms with Gasteiger partial charge < -0.3 is 29.7 Å². The van der Waals surface area contributed by atoms with Gasteiger partial charge in [0.05, 0.1) is 34.7 Å². The van der Waals surface area contributed by atoms with E-state index in [4.69, 9.17) is 24.0 Å². The van der Waals surface area contributed by atoms with Crippen molar-refractivity contribution in [2.45, 2.75) is 65.2 Å². The highest BCUT2D eigenvalue weighted by molar-refractivity contribution is 5.74. The Morgan fingerprint density at radius 2 is 2.03 bits per heavy atom. The van der Waals surface area contributed by atoms with E-state index >= 15 is 4.39 Å². The maximum atomic E-state index is 15.1. The van der Waals surface area contributed by atoms with Crippen LogP contribution in [0.15, 0.2) is 22.7 Å². The molecule has 10 heteroatoms. The topological polar surface area (TPSA) is 115 Å². The maximum Gasteiger partial charge on any atom is 0.165 e. The summed E-state index contributed by atoms with van der Waals surface area (Å²) in [6.45, 7) is 8.71. The van der Waals surface area contributed by atoms with Gasteiger partial charge in [-0.3, -0.25) is 0 Å². The molecule has 3 N–H and O–H groups in total. The van der Waals surface area contributed by atoms with E-state index in [0.717, 1.165) is 30.4 Å². The molecule has 3 aromatic rings. The van der Waals surface area contributed by atoms with Crippen molar-refractivity contribution < 1.29 is 23.5 Å². The minimum atomic E-state index is -0.694. The number of benzene rings is 1. The number of nitrogens with zero attached hydrogens (tertiary/aromatic N) is 3. The standard InChI is InChI=1S/C27H36FN5O4/c1-6-35-23-9-7-8-22(23)30-26-15(2)25(24-16(3)33-37-17(24)4)31-27(32-26)20-12-19(10-11-21(20)28)36-14-18(34)13-29-5/h10-12,18,22-23,29,34H,6-9,13-14H2,1-5H3,(H,30,31,32). The minimum Gasteiger partial charge on any atom is -0.491 e. The van der Waals surface area contributed by atoms with Gasteiger partial charge in [-0.25, -0.2) is 14.4 Å². The van der Waals surface area contributed by atoms with Gasteiger partial charge in [0.15, 0.2) is 5.82 Å². The Morgan fingerprint density at radius 1 is 1.22 bits per heavy atom. The van der Waals surface area contributed by atoms with E-state index in [0.29, 0.717) is 41.9 Å². The first-order chi connectivity index (χ1) is 17.8. The molecule has 1 fully saturated rings. The van der Waals surface area contributed by atoms with Crippen molar-refractivity contribution in [2.24, 2.45) is 0 Å². The van der Waals surface area contributed by atoms with Crippen LogP contribution >= 0.6 is 0 Å². The molecule has 2 aromatic heterocycles. The van der Waals surface area contributed by atoms with Crippen LogP contribution in [0.25, 0.3) is 22.6 Å². The van der Waals surface area contributed by atoms with E-state index in [2.05, 4.69) is 15.8 Å². The summed E-state index contributed by atoms with van der Waals surface area (Å²) < 4.78 is 32.2. The summed E-state index contributed by atoms with van der Waals surface area (Å²) in [6.07, 6.45) is 2.39. The smallest absolute Gasteiger partial charge is 0.165 e. The van der Waals surface area contributed by atoms with E-state index < -0.39 is 11.9 Å². The average Bonchev–Trinajstić information content (AvgIpc) is 3.45. The molecule has 0 bridgehead atoms. The molecule has 200 valence electrons. The van der Waals surface area contributed by atoms with Crippen LogP contribution in [0.3, 0.4) is 0 Å². The first-order valence-electron chi connectivity index (χ1n) is 12.8. The number of rotatable bonds is 11. The maximum absolute atomic E-state index is 15.1. The van der Waals surface area contributed by atoms with Crippen LogP contribution in [-0.4, -0.2) is 65.3 Å². The van der Waals surface area contributed by atoms with Gasteiger partial charge in [0.1, 0.15) is 35.9 Å². The lowest BCUT2D eigenvalue weighted by Crippen LogP contribution is -2.31. The number of ether oxygens (including phenoxy) is 2. The van der Waals surface area contributed by atoms with Gasteiger partial charge in [-0.1, -0.05) is 5.16 Å². The number of nitrogens with one attached hydrogen (secondary N) is 2. The Morgan fingerprint density at radius 3 is 2.73 bits per heavy atom. The zero-order valence-electron chi connectivity index (χ0n) is 22.1. The fourth-order valence-electron chi connectivity index (χ4n) is 4.77. The fraction of sp³-hybridized carbons (Fsp3) is 0.519. The van der Waals surface area contributed by atoms with Crippen LogP contribution in [0.4, 0.5) is 10.2 Å². The summed E-state index contributed by atoms with van der Waals surface area (Å²) in [4.78, 5) is 9.56. The molecule has 1 saturated carbocycles. The molecule has 9 nitrogen and oxygen atoms in total. The molecule has 1 aliphatic carbocycles. The number of anilines is 1. The van der Waals surface area contributed by atoms with E-state index in [1.807, 2.05) is 27.7 Å². The predicted molar refractivity (Wildman–Crippen MR) is 139 cm³/mol. The van der Waals surface area contributed by atoms with Crippen molar-refractivity contribution in [3.63, 3.8) is 0 Å². The monoisotopic (exact) mass is 513 g/mol. The molecule has 0 radical (unpaired) electrons. The second kappa shape index (κ2) is 12.0. The highest BCUT2D eigenvalue weighted by atomic mass is 19.1. The molecule has 3 atom stereocenters. The molecular formula is C27H36FN5O4. The van der Waals surface area contributed by atoms with E-state index in [9.17, 15) is 5.11 Å². The highest BCUT2D eigenvalue weighted by Gasteiger charge is 2.30. The number of aromatic nitrogens is 3. The normalized spacial score (nSPS) is 18.2. The molecule has 2 heterocycles. The lowest BCUT2D eigenvalue weighted by atomic mass is 10.0. The molecule has 0 amide bonds. The third-order valence-corrected chi connectivity index (χ3v) is 6.63. The Labute approximate surface area is 216 Å². The third-order valence-electron chi connectivity index (χ3n) is 6.63. The minimum absolute atomic E-state index is 0.0678. The molecule has 4 rings (SSSR count). The summed E-state index contributed by atoms with van der Waals surface area (Å²) in [7, 11) is 1.75. The van der Waals surface area contributed by atoms with Crippen LogP contribution in [0.1, 0.15) is 43.2 Å². The molecule has 1 aliphatic rings. The number of likely N-dealkylation sites (N-methyl/N-ethyl adjacent to an activating group) is 1. The summed E-state index contributed by atoms with van der Waals surface area (Å²) in [5.74, 6) is 1.40. The van der Waals surface area contributed by atoms with Crippen LogP contribution < -0.4 is 15.4 Å². The second-order valence-electron chi connectivity index (χ2n) is 9.41. The molecule has 0 spiro atoms. The quantitative estimate of drug-likeness (QED) is 0.347. The summed E-state index contributed by atoms with van der Waals surface area (Å²) in [5, 5.41) is 20.5. The Kier molecular flexibility index (Phi) is 8.73. The third kappa shape index (κ3) is 6.08. The fourth-order valence-corrected chi connectivity index (χ4v) is 4.77. The SMILES string of the molecule is CCOC1CCCC1Nc1nc(-c2cc(OCC(O)CNC)ccc2F)nc(-c2c(C)noc2C)c1C. The zero-order valence-corrected chi connectivity index (χ0v) is 22.1. The molecular weight excluding hydrogens is 477 g/mol. The van der Waals surface area contributed by atoms with Gasteiger partial charge in [0.2, 0.25) is 0 Å². The Balaban J connectivity index is 1.76. The molecule has 1 aromatic carbocycles. The van der Waals surface area contributed by atoms with Crippen molar-refractivity contribution in [2.75, 3.05) is 32.1 Å². The Hall–Kier alpha value is -3.08. The number of aliphatic hydroxyl groups excluding tert-OH is 1. The first-order valence-corrected chi connectivity index (χ1v) is 12.8. The number of hydrogen-bond acceptors (Lipinski definition) is 9. The van der Waals surface area contributed by atoms with Crippen molar-refractivity contribution in [3.05, 3.63) is 41.0 Å². The average molecular weight is 514 g/mol. The van der Waals surface area contributed by atoms with Crippen molar-refractivity contribution in [3.8, 4) is 28.4 Å². The largest absolute Gasteiger partial charge is 0.491 e. The molecule has 37 heavy (non-hydrogen) atoms. The zero-order chi connectivity index (χ0) is 26.5. The number of aryl methyl sites for hydroxylation is 2. The highest BCUT2D eigenvalue weighted by Crippen LogP contribution is 2.36. The van der Waals surface area contributed by atoms with E-state index in [-0.39, 0.29) is 30.1 Å². The van der Waals surface area contributed by atoms with Crippen molar-refractivity contribution in [1.82, 2.24) is 20.4 Å². The van der Waals surface area contributed by atoms with E-state index in [1.165, 1.54) is 12.1 Å². The predicted octanol–water partition coefficient (Wildman–Crippen LogP) is 4.19. The van der Waals surface area contributed by atoms with Gasteiger partial charge >= 0.3 is 0 Å². The number of hydrogen-bond donors (Lipinski definition) is 3. The lowest BCUT2D eigenvalue weighted by molar-refractivity contribution is 0.0615. The molecule has 3 unspecified atom stereocenters. The van der Waals surface area contributed by atoms with Crippen LogP contribution in [0.2, 0.25) is 0 Å². The number of aliphatic hydroxyl groups is 1. The van der Waals surface area contributed by atoms with Crippen molar-refractivity contribution in [1.29, 1.82) is 0 Å². The Bertz CT molecular complexity index is 1200. The molecule has 0 saturated heterocycles. The summed E-state index contributed by atoms with van der Waals surface area (Å²) in [5.41, 5.74) is 3.11. The van der Waals surface area contributed by atoms with Gasteiger partial charge in [-0.15, -0.1) is 0 Å². The second-order valence-corrected chi connectivity index (χ2v) is 9.41. The van der Waals surface area contributed by atoms with Gasteiger partial charge in [-0.2, -0.15) is 0 Å². The van der Waals surface area contributed by atoms with Crippen molar-refractivity contribution >= 4 is 5.82 Å². The summed E-state index contributed by atoms with van der Waals surface area (Å²) in [6, 6.07) is 4.50. The first kappa shape index (κ1) is 27.0. The van der Waals surface area contributed by atoms with E-state index in [1.54, 1.807) is 13.1 Å². The van der Waals surface area contributed by atoms with Gasteiger partial charge in [0, 0.05) is 18.7 Å². The van der Waals surface area contributed by atoms with Crippen LogP contribution in [0, 0.1) is 26.6 Å². The van der Waals surface area contributed by atoms with Gasteiger partial charge in [0.25, 0.3) is 0 Å². The van der Waals surface area contributed by atoms with Gasteiger partial charge in [-0.05, 0) is 72.2 Å². The summed E-state index contributed by atoms with van der Waals surface area (Å²) >= 11 is 0. The number of halogens is 1.